The highest BCUT2D eigenvalue weighted by molar-refractivity contribution is 7.88. The van der Waals surface area contributed by atoms with E-state index in [9.17, 15) is 17.2 Å². The molecule has 0 saturated heterocycles. The maximum Gasteiger partial charge on any atom is 0.232 e. The molecular formula is C17H19F2N3O3S. The van der Waals surface area contributed by atoms with Gasteiger partial charge in [-0.05, 0) is 43.4 Å². The Balaban J connectivity index is 1.51. The molecule has 1 saturated carbocycles. The van der Waals surface area contributed by atoms with Crippen molar-refractivity contribution in [2.45, 2.75) is 43.6 Å². The van der Waals surface area contributed by atoms with Gasteiger partial charge in [-0.15, -0.1) is 0 Å². The summed E-state index contributed by atoms with van der Waals surface area (Å²) >= 11 is 0. The van der Waals surface area contributed by atoms with Crippen molar-refractivity contribution < 1.29 is 21.9 Å². The molecule has 0 radical (unpaired) electrons. The minimum Gasteiger partial charge on any atom is -0.473 e. The highest BCUT2D eigenvalue weighted by Gasteiger charge is 2.26. The van der Waals surface area contributed by atoms with E-state index in [0.29, 0.717) is 37.6 Å². The van der Waals surface area contributed by atoms with Crippen molar-refractivity contribution in [1.29, 1.82) is 0 Å². The first kappa shape index (κ1) is 18.7. The number of benzene rings is 1. The van der Waals surface area contributed by atoms with E-state index in [4.69, 9.17) is 4.74 Å². The monoisotopic (exact) mass is 383 g/mol. The summed E-state index contributed by atoms with van der Waals surface area (Å²) in [6.07, 6.45) is 7.19. The van der Waals surface area contributed by atoms with Gasteiger partial charge in [0.1, 0.15) is 17.7 Å². The van der Waals surface area contributed by atoms with Crippen LogP contribution < -0.4 is 9.46 Å². The molecule has 1 N–H and O–H groups in total. The molecule has 6 nitrogen and oxygen atoms in total. The van der Waals surface area contributed by atoms with Gasteiger partial charge in [0.25, 0.3) is 0 Å². The number of hydrogen-bond acceptors (Lipinski definition) is 5. The van der Waals surface area contributed by atoms with Crippen LogP contribution in [0.15, 0.2) is 36.8 Å². The van der Waals surface area contributed by atoms with Crippen molar-refractivity contribution in [1.82, 2.24) is 14.7 Å². The fourth-order valence-electron chi connectivity index (χ4n) is 3.02. The van der Waals surface area contributed by atoms with Crippen LogP contribution in [0.25, 0.3) is 0 Å². The van der Waals surface area contributed by atoms with Crippen molar-refractivity contribution >= 4 is 10.0 Å². The Hall–Kier alpha value is -2.13. The van der Waals surface area contributed by atoms with Gasteiger partial charge in [-0.2, -0.15) is 0 Å². The van der Waals surface area contributed by atoms with Crippen LogP contribution in [0.5, 0.6) is 5.88 Å². The van der Waals surface area contributed by atoms with E-state index in [1.807, 2.05) is 0 Å². The average molecular weight is 383 g/mol. The normalized spacial score (nSPS) is 20.7. The summed E-state index contributed by atoms with van der Waals surface area (Å²) in [5.74, 6) is -1.60. The molecule has 1 heterocycles. The third-order valence-electron chi connectivity index (χ3n) is 4.13. The molecule has 1 aromatic carbocycles. The lowest BCUT2D eigenvalue weighted by Gasteiger charge is -2.28. The SMILES string of the molecule is O=S(=O)(Cc1cc(F)cc(F)c1)NC1CCC(Oc2cnccn2)CC1. The number of hydrogen-bond donors (Lipinski definition) is 1. The molecule has 3 rings (SSSR count). The van der Waals surface area contributed by atoms with Crippen LogP contribution in [-0.2, 0) is 15.8 Å². The number of nitrogens with zero attached hydrogens (tertiary/aromatic N) is 2. The third-order valence-corrected chi connectivity index (χ3v) is 5.53. The quantitative estimate of drug-likeness (QED) is 0.829. The van der Waals surface area contributed by atoms with Gasteiger partial charge in [0.05, 0.1) is 11.9 Å². The van der Waals surface area contributed by atoms with Crippen LogP contribution in [0.1, 0.15) is 31.2 Å². The number of nitrogens with one attached hydrogen (secondary N) is 1. The molecule has 1 fully saturated rings. The largest absolute Gasteiger partial charge is 0.473 e. The molecule has 0 atom stereocenters. The highest BCUT2D eigenvalue weighted by Crippen LogP contribution is 2.23. The van der Waals surface area contributed by atoms with Crippen LogP contribution >= 0.6 is 0 Å². The van der Waals surface area contributed by atoms with E-state index < -0.39 is 27.4 Å². The summed E-state index contributed by atoms with van der Waals surface area (Å²) in [5.41, 5.74) is 0.0784. The Labute approximate surface area is 150 Å². The highest BCUT2D eigenvalue weighted by atomic mass is 32.2. The molecule has 1 aliphatic rings. The second-order valence-corrected chi connectivity index (χ2v) is 8.04. The molecule has 0 bridgehead atoms. The van der Waals surface area contributed by atoms with Gasteiger partial charge in [-0.25, -0.2) is 26.9 Å². The molecular weight excluding hydrogens is 364 g/mol. The van der Waals surface area contributed by atoms with Crippen molar-refractivity contribution in [3.8, 4) is 5.88 Å². The van der Waals surface area contributed by atoms with Crippen molar-refractivity contribution in [2.24, 2.45) is 0 Å². The van der Waals surface area contributed by atoms with E-state index in [0.717, 1.165) is 12.1 Å². The second kappa shape index (κ2) is 8.05. The molecule has 2 aromatic rings. The predicted octanol–water partition coefficient (Wildman–Crippen LogP) is 2.56. The molecule has 0 amide bonds. The van der Waals surface area contributed by atoms with Crippen LogP contribution in [0, 0.1) is 11.6 Å². The number of aromatic nitrogens is 2. The predicted molar refractivity (Wildman–Crippen MR) is 90.8 cm³/mol. The minimum atomic E-state index is -3.69. The molecule has 26 heavy (non-hydrogen) atoms. The zero-order chi connectivity index (χ0) is 18.6. The van der Waals surface area contributed by atoms with Crippen LogP contribution in [0.4, 0.5) is 8.78 Å². The maximum absolute atomic E-state index is 13.2. The van der Waals surface area contributed by atoms with E-state index in [1.54, 1.807) is 12.4 Å². The lowest BCUT2D eigenvalue weighted by molar-refractivity contribution is 0.138. The first-order chi connectivity index (χ1) is 12.4. The maximum atomic E-state index is 13.2. The molecule has 0 spiro atoms. The molecule has 0 aliphatic heterocycles. The van der Waals surface area contributed by atoms with Crippen LogP contribution in [0.3, 0.4) is 0 Å². The molecule has 1 aromatic heterocycles. The molecule has 140 valence electrons. The van der Waals surface area contributed by atoms with Crippen molar-refractivity contribution in [2.75, 3.05) is 0 Å². The molecule has 1 aliphatic carbocycles. The molecule has 0 unspecified atom stereocenters. The Bertz CT molecular complexity index is 821. The Kier molecular flexibility index (Phi) is 5.77. The van der Waals surface area contributed by atoms with Gasteiger partial charge < -0.3 is 4.74 Å². The Morgan fingerprint density at radius 2 is 1.77 bits per heavy atom. The smallest absolute Gasteiger partial charge is 0.232 e. The van der Waals surface area contributed by atoms with Crippen molar-refractivity contribution in [3.63, 3.8) is 0 Å². The van der Waals surface area contributed by atoms with Gasteiger partial charge in [0.15, 0.2) is 0 Å². The summed E-state index contributed by atoms with van der Waals surface area (Å²) in [6.45, 7) is 0. The fraction of sp³-hybridized carbons (Fsp3) is 0.412. The molecule has 9 heteroatoms. The number of ether oxygens (including phenoxy) is 1. The van der Waals surface area contributed by atoms with Gasteiger partial charge >= 0.3 is 0 Å². The first-order valence-electron chi connectivity index (χ1n) is 8.27. The van der Waals surface area contributed by atoms with Gasteiger partial charge in [0.2, 0.25) is 15.9 Å². The van der Waals surface area contributed by atoms with Crippen molar-refractivity contribution in [3.05, 3.63) is 54.0 Å². The lowest BCUT2D eigenvalue weighted by atomic mass is 9.94. The number of halogens is 2. The Morgan fingerprint density at radius 1 is 1.08 bits per heavy atom. The van der Waals surface area contributed by atoms with E-state index in [-0.39, 0.29) is 17.7 Å². The summed E-state index contributed by atoms with van der Waals surface area (Å²) < 4.78 is 59.3. The summed E-state index contributed by atoms with van der Waals surface area (Å²) in [6, 6.07) is 2.53. The summed E-state index contributed by atoms with van der Waals surface area (Å²) in [5, 5.41) is 0. The average Bonchev–Trinajstić information content (AvgIpc) is 2.56. The second-order valence-electron chi connectivity index (χ2n) is 6.29. The number of sulfonamides is 1. The fourth-order valence-corrected chi connectivity index (χ4v) is 4.46. The zero-order valence-corrected chi connectivity index (χ0v) is 14.8. The minimum absolute atomic E-state index is 0.0373. The van der Waals surface area contributed by atoms with Gasteiger partial charge in [-0.1, -0.05) is 0 Å². The van der Waals surface area contributed by atoms with Gasteiger partial charge in [0, 0.05) is 24.5 Å². The van der Waals surface area contributed by atoms with Crippen LogP contribution in [0.2, 0.25) is 0 Å². The summed E-state index contributed by atoms with van der Waals surface area (Å²) in [4.78, 5) is 7.99. The third kappa shape index (κ3) is 5.43. The standard InChI is InChI=1S/C17H19F2N3O3S/c18-13-7-12(8-14(19)9-13)11-26(23,24)22-15-1-3-16(4-2-15)25-17-10-20-5-6-21-17/h5-10,15-16,22H,1-4,11H2. The van der Waals surface area contributed by atoms with E-state index in [2.05, 4.69) is 14.7 Å². The number of rotatable bonds is 6. The Morgan fingerprint density at radius 3 is 2.38 bits per heavy atom. The first-order valence-corrected chi connectivity index (χ1v) is 9.92. The van der Waals surface area contributed by atoms with E-state index >= 15 is 0 Å². The zero-order valence-electron chi connectivity index (χ0n) is 13.9. The van der Waals surface area contributed by atoms with E-state index in [1.165, 1.54) is 6.20 Å². The summed E-state index contributed by atoms with van der Waals surface area (Å²) in [7, 11) is -3.69. The van der Waals surface area contributed by atoms with Gasteiger partial charge in [-0.3, -0.25) is 4.98 Å². The lowest BCUT2D eigenvalue weighted by Crippen LogP contribution is -2.40. The topological polar surface area (TPSA) is 81.2 Å². The van der Waals surface area contributed by atoms with Crippen LogP contribution in [-0.4, -0.2) is 30.5 Å².